The van der Waals surface area contributed by atoms with E-state index in [1.54, 1.807) is 0 Å². The molecule has 0 atom stereocenters. The first-order valence-corrected chi connectivity index (χ1v) is 19.8. The van der Waals surface area contributed by atoms with Crippen molar-refractivity contribution in [2.24, 2.45) is 0 Å². The normalized spacial score (nSPS) is 15.1. The van der Waals surface area contributed by atoms with Gasteiger partial charge in [-0.3, -0.25) is 0 Å². The van der Waals surface area contributed by atoms with Gasteiger partial charge in [-0.15, -0.1) is 11.3 Å². The SMILES string of the molecule is CC1(C)c2ccccc2-c2cc3c4ccccc4n(-c4ccc5sc6c7c(ccc6c5c4)C4(c5ccccc5-c5ccccc54)c4ccccc4-7)c3cc21. The van der Waals surface area contributed by atoms with Crippen LogP contribution in [0.25, 0.3) is 81.0 Å². The number of nitrogens with zero attached hydrogens (tertiary/aromatic N) is 1. The first-order chi connectivity index (χ1) is 26.5. The minimum absolute atomic E-state index is 0.0662. The molecule has 2 aromatic heterocycles. The average Bonchev–Trinajstić information content (AvgIpc) is 3.97. The van der Waals surface area contributed by atoms with Gasteiger partial charge in [-0.1, -0.05) is 141 Å². The molecule has 2 heteroatoms. The van der Waals surface area contributed by atoms with Crippen molar-refractivity contribution in [1.82, 2.24) is 4.57 Å². The van der Waals surface area contributed by atoms with E-state index in [1.165, 1.54) is 114 Å². The van der Waals surface area contributed by atoms with Crippen molar-refractivity contribution in [1.29, 1.82) is 0 Å². The molecule has 0 fully saturated rings. The third-order valence-corrected chi connectivity index (χ3v) is 14.4. The maximum Gasteiger partial charge on any atom is 0.0726 e. The summed E-state index contributed by atoms with van der Waals surface area (Å²) in [6.07, 6.45) is 0. The van der Waals surface area contributed by atoms with Gasteiger partial charge in [0, 0.05) is 47.6 Å². The van der Waals surface area contributed by atoms with Gasteiger partial charge < -0.3 is 4.57 Å². The maximum absolute atomic E-state index is 2.51. The molecule has 0 amide bonds. The van der Waals surface area contributed by atoms with Gasteiger partial charge >= 0.3 is 0 Å². The van der Waals surface area contributed by atoms with Gasteiger partial charge in [0.05, 0.1) is 16.4 Å². The van der Waals surface area contributed by atoms with Crippen LogP contribution < -0.4 is 0 Å². The van der Waals surface area contributed by atoms with E-state index < -0.39 is 0 Å². The molecule has 3 aliphatic carbocycles. The van der Waals surface area contributed by atoms with E-state index in [2.05, 4.69) is 182 Å². The number of fused-ring (bicyclic) bond motifs is 20. The highest BCUT2D eigenvalue weighted by Crippen LogP contribution is 2.64. The fourth-order valence-electron chi connectivity index (χ4n) is 11.0. The second-order valence-electron chi connectivity index (χ2n) is 16.0. The van der Waals surface area contributed by atoms with Gasteiger partial charge in [0.15, 0.2) is 0 Å². The summed E-state index contributed by atoms with van der Waals surface area (Å²) in [5.74, 6) is 0. The lowest BCUT2D eigenvalue weighted by molar-refractivity contribution is 0.661. The summed E-state index contributed by atoms with van der Waals surface area (Å²) in [7, 11) is 0. The van der Waals surface area contributed by atoms with Crippen LogP contribution in [0.2, 0.25) is 0 Å². The van der Waals surface area contributed by atoms with Crippen molar-refractivity contribution in [3.8, 4) is 39.1 Å². The highest BCUT2D eigenvalue weighted by Gasteiger charge is 2.52. The van der Waals surface area contributed by atoms with Crippen LogP contribution in [0.15, 0.2) is 164 Å². The first kappa shape index (κ1) is 29.3. The molecular formula is C52H33NS. The topological polar surface area (TPSA) is 4.93 Å². The van der Waals surface area contributed by atoms with Crippen LogP contribution in [0.5, 0.6) is 0 Å². The van der Waals surface area contributed by atoms with E-state index in [0.717, 1.165) is 0 Å². The Morgan fingerprint density at radius 3 is 1.76 bits per heavy atom. The molecule has 0 N–H and O–H groups in total. The summed E-state index contributed by atoms with van der Waals surface area (Å²) in [6.45, 7) is 4.76. The van der Waals surface area contributed by atoms with E-state index in [4.69, 9.17) is 0 Å². The minimum Gasteiger partial charge on any atom is -0.309 e. The van der Waals surface area contributed by atoms with Crippen LogP contribution in [0.3, 0.4) is 0 Å². The largest absolute Gasteiger partial charge is 0.309 e. The molecule has 0 saturated carbocycles. The lowest BCUT2D eigenvalue weighted by Gasteiger charge is -2.30. The summed E-state index contributed by atoms with van der Waals surface area (Å²) >= 11 is 1.95. The maximum atomic E-state index is 2.51. The zero-order valence-corrected chi connectivity index (χ0v) is 30.8. The Bertz CT molecular complexity index is 3270. The lowest BCUT2D eigenvalue weighted by atomic mass is 9.70. The number of rotatable bonds is 1. The number of hydrogen-bond acceptors (Lipinski definition) is 1. The van der Waals surface area contributed by atoms with Gasteiger partial charge in [0.1, 0.15) is 0 Å². The predicted octanol–water partition coefficient (Wildman–Crippen LogP) is 13.8. The monoisotopic (exact) mass is 703 g/mol. The number of benzene rings is 8. The highest BCUT2D eigenvalue weighted by atomic mass is 32.1. The van der Waals surface area contributed by atoms with E-state index in [0.29, 0.717) is 0 Å². The number of aromatic nitrogens is 1. The number of hydrogen-bond donors (Lipinski definition) is 0. The molecule has 3 aliphatic rings. The summed E-state index contributed by atoms with van der Waals surface area (Å²) in [5, 5.41) is 5.26. The summed E-state index contributed by atoms with van der Waals surface area (Å²) in [4.78, 5) is 0. The second kappa shape index (κ2) is 9.85. The summed E-state index contributed by atoms with van der Waals surface area (Å²) < 4.78 is 5.22. The molecule has 8 aromatic carbocycles. The Labute approximate surface area is 317 Å². The van der Waals surface area contributed by atoms with Crippen LogP contribution in [0.4, 0.5) is 0 Å². The van der Waals surface area contributed by atoms with Crippen molar-refractivity contribution in [3.63, 3.8) is 0 Å². The van der Waals surface area contributed by atoms with Crippen molar-refractivity contribution < 1.29 is 0 Å². The number of thiophene rings is 1. The Kier molecular flexibility index (Phi) is 5.34. The van der Waals surface area contributed by atoms with Crippen molar-refractivity contribution >= 4 is 53.3 Å². The van der Waals surface area contributed by atoms with Crippen LogP contribution in [-0.2, 0) is 10.8 Å². The van der Waals surface area contributed by atoms with Crippen LogP contribution in [0, 0.1) is 0 Å². The van der Waals surface area contributed by atoms with Gasteiger partial charge in [-0.25, -0.2) is 0 Å². The molecule has 252 valence electrons. The summed E-state index contributed by atoms with van der Waals surface area (Å²) in [5.41, 5.74) is 19.9. The molecular weight excluding hydrogens is 671 g/mol. The molecule has 1 nitrogen and oxygen atoms in total. The Morgan fingerprint density at radius 2 is 1.02 bits per heavy atom. The van der Waals surface area contributed by atoms with E-state index in [-0.39, 0.29) is 10.8 Å². The molecule has 0 aliphatic heterocycles. The fraction of sp³-hybridized carbons (Fsp3) is 0.0769. The zero-order valence-electron chi connectivity index (χ0n) is 29.9. The smallest absolute Gasteiger partial charge is 0.0726 e. The molecule has 10 aromatic rings. The molecule has 0 unspecified atom stereocenters. The molecule has 54 heavy (non-hydrogen) atoms. The van der Waals surface area contributed by atoms with Gasteiger partial charge in [-0.05, 0) is 97.6 Å². The average molecular weight is 704 g/mol. The van der Waals surface area contributed by atoms with Gasteiger partial charge in [0.25, 0.3) is 0 Å². The lowest BCUT2D eigenvalue weighted by Crippen LogP contribution is -2.25. The standard InChI is InChI=1S/C52H33NS/c1-51(2)40-18-8-3-15-33(40)37-28-38-34-16-7-12-22-46(34)53(47(38)29-45(37)51)30-23-26-48-39(27-30)35-24-25-44-49(50(35)54-48)36-17-6-11-21-43(36)52(44)41-19-9-4-13-31(41)32-14-5-10-20-42(32)52/h3-29H,1-2H3. The molecule has 0 radical (unpaired) electrons. The Morgan fingerprint density at radius 1 is 0.407 bits per heavy atom. The Hall–Kier alpha value is -6.22. The highest BCUT2D eigenvalue weighted by molar-refractivity contribution is 7.26. The van der Waals surface area contributed by atoms with Crippen LogP contribution >= 0.6 is 11.3 Å². The third-order valence-electron chi connectivity index (χ3n) is 13.2. The van der Waals surface area contributed by atoms with Crippen molar-refractivity contribution in [2.75, 3.05) is 0 Å². The first-order valence-electron chi connectivity index (χ1n) is 19.0. The van der Waals surface area contributed by atoms with Crippen LogP contribution in [0.1, 0.15) is 47.2 Å². The summed E-state index contributed by atoms with van der Waals surface area (Å²) in [6, 6.07) is 62.2. The van der Waals surface area contributed by atoms with Crippen LogP contribution in [-0.4, -0.2) is 4.57 Å². The van der Waals surface area contributed by atoms with Crippen molar-refractivity contribution in [3.05, 3.63) is 197 Å². The van der Waals surface area contributed by atoms with E-state index in [9.17, 15) is 0 Å². The molecule has 0 bridgehead atoms. The molecule has 2 heterocycles. The van der Waals surface area contributed by atoms with Gasteiger partial charge in [-0.2, -0.15) is 0 Å². The minimum atomic E-state index is -0.328. The second-order valence-corrected chi connectivity index (χ2v) is 17.0. The molecule has 13 rings (SSSR count). The Balaban J connectivity index is 1.07. The third kappa shape index (κ3) is 3.30. The van der Waals surface area contributed by atoms with Gasteiger partial charge in [0.2, 0.25) is 0 Å². The van der Waals surface area contributed by atoms with E-state index >= 15 is 0 Å². The quantitative estimate of drug-likeness (QED) is 0.160. The zero-order chi connectivity index (χ0) is 35.5. The van der Waals surface area contributed by atoms with E-state index in [1.807, 2.05) is 11.3 Å². The van der Waals surface area contributed by atoms with Crippen molar-refractivity contribution in [2.45, 2.75) is 24.7 Å². The fourth-order valence-corrected chi connectivity index (χ4v) is 12.2. The predicted molar refractivity (Wildman–Crippen MR) is 228 cm³/mol. The molecule has 1 spiro atoms. The molecule has 0 saturated heterocycles. The number of para-hydroxylation sites is 1.